The zero-order chi connectivity index (χ0) is 13.9. The second kappa shape index (κ2) is 6.66. The molecule has 1 aromatic heterocycles. The Morgan fingerprint density at radius 3 is 2.57 bits per heavy atom. The number of aromatic amines is 1. The minimum atomic E-state index is 0. The first-order chi connectivity index (χ1) is 9.74. The van der Waals surface area contributed by atoms with Crippen LogP contribution >= 0.6 is 24.0 Å². The third-order valence-electron chi connectivity index (χ3n) is 3.17. The van der Waals surface area contributed by atoms with E-state index in [2.05, 4.69) is 27.6 Å². The minimum Gasteiger partial charge on any atom is -0.358 e. The second-order valence-electron chi connectivity index (χ2n) is 4.59. The lowest BCUT2D eigenvalue weighted by molar-refractivity contribution is 1.28. The van der Waals surface area contributed by atoms with E-state index in [9.17, 15) is 0 Å². The molecule has 0 unspecified atom stereocenters. The van der Waals surface area contributed by atoms with Crippen molar-refractivity contribution in [1.29, 1.82) is 0 Å². The quantitative estimate of drug-likeness (QED) is 0.517. The summed E-state index contributed by atoms with van der Waals surface area (Å²) in [5.41, 5.74) is 7.23. The van der Waals surface area contributed by atoms with Gasteiger partial charge in [0.2, 0.25) is 0 Å². The van der Waals surface area contributed by atoms with Crippen molar-refractivity contribution in [2.24, 2.45) is 5.10 Å². The van der Waals surface area contributed by atoms with Crippen LogP contribution in [-0.4, -0.2) is 11.2 Å². The molecule has 3 nitrogen and oxygen atoms in total. The topological polar surface area (TPSA) is 40.2 Å². The summed E-state index contributed by atoms with van der Waals surface area (Å²) in [6.45, 7) is 2.05. The van der Waals surface area contributed by atoms with Gasteiger partial charge in [-0.05, 0) is 37.3 Å². The number of aromatic nitrogens is 1. The summed E-state index contributed by atoms with van der Waals surface area (Å²) in [7, 11) is 0. The van der Waals surface area contributed by atoms with E-state index in [-0.39, 0.29) is 12.4 Å². The number of nitrogens with zero attached hydrogens (tertiary/aromatic N) is 1. The van der Waals surface area contributed by atoms with Crippen LogP contribution in [0.1, 0.15) is 11.3 Å². The third kappa shape index (κ3) is 3.38. The standard InChI is InChI=1S/C16H14ClN3.ClH/c1-11-15(14-4-2-3-5-16(14)19-11)10-18-20-13-8-6-12(17)7-9-13;/h2-10,19-20H,1H3;1H. The van der Waals surface area contributed by atoms with E-state index >= 15 is 0 Å². The summed E-state index contributed by atoms with van der Waals surface area (Å²) >= 11 is 5.84. The summed E-state index contributed by atoms with van der Waals surface area (Å²) in [6, 6.07) is 15.6. The maximum absolute atomic E-state index is 5.84. The molecule has 0 bridgehead atoms. The predicted molar refractivity (Wildman–Crippen MR) is 93.0 cm³/mol. The number of benzene rings is 2. The summed E-state index contributed by atoms with van der Waals surface area (Å²) in [5.74, 6) is 0. The molecule has 1 heterocycles. The van der Waals surface area contributed by atoms with Gasteiger partial charge in [0.25, 0.3) is 0 Å². The van der Waals surface area contributed by atoms with E-state index in [1.165, 1.54) is 5.39 Å². The molecule has 0 saturated heterocycles. The maximum atomic E-state index is 5.84. The van der Waals surface area contributed by atoms with E-state index in [0.717, 1.165) is 22.5 Å². The highest BCUT2D eigenvalue weighted by Gasteiger charge is 2.04. The fraction of sp³-hybridized carbons (Fsp3) is 0.0625. The largest absolute Gasteiger partial charge is 0.358 e. The first-order valence-corrected chi connectivity index (χ1v) is 6.74. The summed E-state index contributed by atoms with van der Waals surface area (Å²) < 4.78 is 0. The van der Waals surface area contributed by atoms with Gasteiger partial charge >= 0.3 is 0 Å². The molecule has 0 aliphatic rings. The summed E-state index contributed by atoms with van der Waals surface area (Å²) in [6.07, 6.45) is 1.84. The molecule has 2 aromatic carbocycles. The van der Waals surface area contributed by atoms with Crippen LogP contribution in [0.15, 0.2) is 53.6 Å². The Morgan fingerprint density at radius 2 is 1.81 bits per heavy atom. The molecule has 0 spiro atoms. The summed E-state index contributed by atoms with van der Waals surface area (Å²) in [4.78, 5) is 3.35. The molecule has 5 heteroatoms. The number of nitrogens with one attached hydrogen (secondary N) is 2. The van der Waals surface area contributed by atoms with Gasteiger partial charge in [0, 0.05) is 27.2 Å². The Kier molecular flexibility index (Phi) is 4.89. The van der Waals surface area contributed by atoms with Crippen molar-refractivity contribution >= 4 is 46.8 Å². The number of aryl methyl sites for hydroxylation is 1. The number of halogens is 2. The number of fused-ring (bicyclic) bond motifs is 1. The molecular formula is C16H15Cl2N3. The molecule has 3 rings (SSSR count). The van der Waals surface area contributed by atoms with Gasteiger partial charge < -0.3 is 4.98 Å². The highest BCUT2D eigenvalue weighted by molar-refractivity contribution is 6.30. The van der Waals surface area contributed by atoms with E-state index in [4.69, 9.17) is 11.6 Å². The van der Waals surface area contributed by atoms with Gasteiger partial charge in [0.05, 0.1) is 11.9 Å². The van der Waals surface area contributed by atoms with Gasteiger partial charge in [-0.15, -0.1) is 12.4 Å². The monoisotopic (exact) mass is 319 g/mol. The Hall–Kier alpha value is -1.97. The zero-order valence-corrected chi connectivity index (χ0v) is 13.0. The van der Waals surface area contributed by atoms with Crippen LogP contribution in [0.5, 0.6) is 0 Å². The molecule has 3 aromatic rings. The van der Waals surface area contributed by atoms with Crippen LogP contribution in [0.3, 0.4) is 0 Å². The third-order valence-corrected chi connectivity index (χ3v) is 3.43. The average molecular weight is 320 g/mol. The van der Waals surface area contributed by atoms with Crippen molar-refractivity contribution in [2.45, 2.75) is 6.92 Å². The van der Waals surface area contributed by atoms with Crippen LogP contribution in [0.2, 0.25) is 5.02 Å². The maximum Gasteiger partial charge on any atom is 0.0568 e. The normalized spacial score (nSPS) is 10.8. The highest BCUT2D eigenvalue weighted by Crippen LogP contribution is 2.20. The van der Waals surface area contributed by atoms with Crippen molar-refractivity contribution in [3.05, 3.63) is 64.8 Å². The van der Waals surface area contributed by atoms with Crippen LogP contribution in [-0.2, 0) is 0 Å². The smallest absolute Gasteiger partial charge is 0.0568 e. The van der Waals surface area contributed by atoms with E-state index in [0.29, 0.717) is 5.02 Å². The predicted octanol–water partition coefficient (Wildman–Crippen LogP) is 5.00. The highest BCUT2D eigenvalue weighted by atomic mass is 35.5. The average Bonchev–Trinajstić information content (AvgIpc) is 2.77. The van der Waals surface area contributed by atoms with Gasteiger partial charge in [-0.2, -0.15) is 5.10 Å². The van der Waals surface area contributed by atoms with E-state index < -0.39 is 0 Å². The number of hydrogen-bond donors (Lipinski definition) is 2. The van der Waals surface area contributed by atoms with Crippen LogP contribution in [0.4, 0.5) is 5.69 Å². The van der Waals surface area contributed by atoms with Crippen molar-refractivity contribution < 1.29 is 0 Å². The molecule has 0 amide bonds. The van der Waals surface area contributed by atoms with Crippen molar-refractivity contribution in [3.8, 4) is 0 Å². The van der Waals surface area contributed by atoms with E-state index in [1.807, 2.05) is 49.5 Å². The lowest BCUT2D eigenvalue weighted by atomic mass is 10.1. The molecule has 108 valence electrons. The van der Waals surface area contributed by atoms with Gasteiger partial charge in [0.1, 0.15) is 0 Å². The SMILES string of the molecule is Cc1[nH]c2ccccc2c1C=NNc1ccc(Cl)cc1.Cl. The van der Waals surface area contributed by atoms with Gasteiger partial charge in [-0.25, -0.2) is 0 Å². The minimum absolute atomic E-state index is 0. The molecular weight excluding hydrogens is 305 g/mol. The zero-order valence-electron chi connectivity index (χ0n) is 11.4. The number of H-pyrrole nitrogens is 1. The molecule has 21 heavy (non-hydrogen) atoms. The number of rotatable bonds is 3. The molecule has 0 aliphatic heterocycles. The van der Waals surface area contributed by atoms with Crippen LogP contribution < -0.4 is 5.43 Å². The molecule has 0 atom stereocenters. The first-order valence-electron chi connectivity index (χ1n) is 6.36. The Labute approximate surface area is 134 Å². The van der Waals surface area contributed by atoms with Gasteiger partial charge in [-0.3, -0.25) is 5.43 Å². The van der Waals surface area contributed by atoms with Crippen LogP contribution in [0.25, 0.3) is 10.9 Å². The summed E-state index contributed by atoms with van der Waals surface area (Å²) in [5, 5.41) is 6.17. The first kappa shape index (κ1) is 15.4. The van der Waals surface area contributed by atoms with Gasteiger partial charge in [0.15, 0.2) is 0 Å². The Morgan fingerprint density at radius 1 is 1.10 bits per heavy atom. The van der Waals surface area contributed by atoms with Crippen molar-refractivity contribution in [3.63, 3.8) is 0 Å². The molecule has 0 saturated carbocycles. The van der Waals surface area contributed by atoms with Crippen LogP contribution in [0, 0.1) is 6.92 Å². The molecule has 0 radical (unpaired) electrons. The van der Waals surface area contributed by atoms with E-state index in [1.54, 1.807) is 0 Å². The Balaban J connectivity index is 0.00000161. The number of hydrazone groups is 1. The fourth-order valence-electron chi connectivity index (χ4n) is 2.16. The number of hydrogen-bond acceptors (Lipinski definition) is 2. The lowest BCUT2D eigenvalue weighted by Gasteiger charge is -1.99. The number of para-hydroxylation sites is 1. The van der Waals surface area contributed by atoms with Crippen molar-refractivity contribution in [1.82, 2.24) is 4.98 Å². The molecule has 0 aliphatic carbocycles. The Bertz CT molecular complexity index is 761. The lowest BCUT2D eigenvalue weighted by Crippen LogP contribution is -1.91. The number of anilines is 1. The fourth-order valence-corrected chi connectivity index (χ4v) is 2.29. The molecule has 0 fully saturated rings. The van der Waals surface area contributed by atoms with Crippen molar-refractivity contribution in [2.75, 3.05) is 5.43 Å². The van der Waals surface area contributed by atoms with Gasteiger partial charge in [-0.1, -0.05) is 29.8 Å². The molecule has 2 N–H and O–H groups in total. The second-order valence-corrected chi connectivity index (χ2v) is 5.02.